The van der Waals surface area contributed by atoms with E-state index in [4.69, 9.17) is 4.74 Å². The highest BCUT2D eigenvalue weighted by Gasteiger charge is 2.01. The zero-order valence-corrected chi connectivity index (χ0v) is 14.5. The summed E-state index contributed by atoms with van der Waals surface area (Å²) in [4.78, 5) is 11.7. The molecule has 0 aliphatic carbocycles. The van der Waals surface area contributed by atoms with Crippen LogP contribution in [0.5, 0.6) is 5.75 Å². The van der Waals surface area contributed by atoms with Crippen molar-refractivity contribution < 1.29 is 9.53 Å². The lowest BCUT2D eigenvalue weighted by atomic mass is 10.1. The molecule has 2 aromatic carbocycles. The number of benzene rings is 2. The van der Waals surface area contributed by atoms with Crippen LogP contribution in [0.25, 0.3) is 0 Å². The lowest BCUT2D eigenvalue weighted by molar-refractivity contribution is -0.123. The molecule has 0 bridgehead atoms. The van der Waals surface area contributed by atoms with E-state index in [2.05, 4.69) is 33.4 Å². The number of nitrogens with one attached hydrogen (secondary N) is 1. The number of carbonyl (C=O) groups excluding carboxylic acids is 1. The minimum Gasteiger partial charge on any atom is -0.484 e. The zero-order valence-electron chi connectivity index (χ0n) is 13.0. The van der Waals surface area contributed by atoms with Gasteiger partial charge in [-0.2, -0.15) is 5.10 Å². The summed E-state index contributed by atoms with van der Waals surface area (Å²) in [6, 6.07) is 15.4. The van der Waals surface area contributed by atoms with Gasteiger partial charge in [0.1, 0.15) is 5.75 Å². The summed E-state index contributed by atoms with van der Waals surface area (Å²) in [7, 11) is 0. The molecule has 0 spiro atoms. The normalized spacial score (nSPS) is 10.7. The maximum absolute atomic E-state index is 11.7. The second kappa shape index (κ2) is 9.10. The maximum Gasteiger partial charge on any atom is 0.277 e. The number of ether oxygens (including phenoxy) is 1. The summed E-state index contributed by atoms with van der Waals surface area (Å²) in [5.41, 5.74) is 4.60. The first-order valence-corrected chi connectivity index (χ1v) is 8.26. The minimum absolute atomic E-state index is 0.0665. The molecule has 0 fully saturated rings. The fourth-order valence-electron chi connectivity index (χ4n) is 1.99. The molecule has 1 N–H and O–H groups in total. The number of aryl methyl sites for hydroxylation is 1. The monoisotopic (exact) mass is 374 g/mol. The highest BCUT2D eigenvalue weighted by atomic mass is 79.9. The average Bonchev–Trinajstić information content (AvgIpc) is 2.55. The van der Waals surface area contributed by atoms with Crippen molar-refractivity contribution in [1.29, 1.82) is 0 Å². The Labute approximate surface area is 144 Å². The third-order valence-corrected chi connectivity index (χ3v) is 3.58. The Morgan fingerprint density at radius 1 is 1.26 bits per heavy atom. The fraction of sp³-hybridized carbons (Fsp3) is 0.222. The molecule has 4 nitrogen and oxygen atoms in total. The second-order valence-electron chi connectivity index (χ2n) is 5.03. The van der Waals surface area contributed by atoms with Gasteiger partial charge in [-0.05, 0) is 41.8 Å². The number of hydrazone groups is 1. The van der Waals surface area contributed by atoms with E-state index in [0.29, 0.717) is 5.75 Å². The van der Waals surface area contributed by atoms with Gasteiger partial charge in [0, 0.05) is 4.47 Å². The Hall–Kier alpha value is -2.14. The van der Waals surface area contributed by atoms with E-state index < -0.39 is 0 Å². The van der Waals surface area contributed by atoms with Crippen molar-refractivity contribution in [2.75, 3.05) is 6.61 Å². The van der Waals surface area contributed by atoms with E-state index in [9.17, 15) is 4.79 Å². The van der Waals surface area contributed by atoms with E-state index in [1.54, 1.807) is 6.21 Å². The summed E-state index contributed by atoms with van der Waals surface area (Å²) >= 11 is 3.38. The average molecular weight is 375 g/mol. The molecule has 0 saturated heterocycles. The summed E-state index contributed by atoms with van der Waals surface area (Å²) in [6.45, 7) is 2.08. The first kappa shape index (κ1) is 17.2. The molecule has 0 heterocycles. The Balaban J connectivity index is 1.76. The van der Waals surface area contributed by atoms with Crippen molar-refractivity contribution in [2.24, 2.45) is 5.10 Å². The summed E-state index contributed by atoms with van der Waals surface area (Å²) < 4.78 is 6.39. The molecule has 23 heavy (non-hydrogen) atoms. The van der Waals surface area contributed by atoms with Crippen LogP contribution in [0, 0.1) is 0 Å². The molecule has 0 aliphatic heterocycles. The Kier molecular flexibility index (Phi) is 6.81. The molecule has 0 radical (unpaired) electrons. The van der Waals surface area contributed by atoms with Gasteiger partial charge in [0.25, 0.3) is 5.91 Å². The van der Waals surface area contributed by atoms with E-state index in [1.165, 1.54) is 5.56 Å². The largest absolute Gasteiger partial charge is 0.484 e. The van der Waals surface area contributed by atoms with Gasteiger partial charge < -0.3 is 4.74 Å². The molecule has 5 heteroatoms. The Morgan fingerprint density at radius 3 is 2.74 bits per heavy atom. The molecule has 2 aromatic rings. The van der Waals surface area contributed by atoms with E-state index in [0.717, 1.165) is 22.9 Å². The van der Waals surface area contributed by atoms with Crippen LogP contribution in [0.3, 0.4) is 0 Å². The van der Waals surface area contributed by atoms with Gasteiger partial charge in [-0.1, -0.05) is 53.5 Å². The molecule has 0 saturated carbocycles. The van der Waals surface area contributed by atoms with Gasteiger partial charge in [-0.25, -0.2) is 5.43 Å². The van der Waals surface area contributed by atoms with E-state index in [-0.39, 0.29) is 12.5 Å². The van der Waals surface area contributed by atoms with Crippen molar-refractivity contribution in [1.82, 2.24) is 5.43 Å². The molecule has 1 amide bonds. The van der Waals surface area contributed by atoms with Gasteiger partial charge in [0.15, 0.2) is 6.61 Å². The topological polar surface area (TPSA) is 50.7 Å². The van der Waals surface area contributed by atoms with Crippen LogP contribution in [-0.2, 0) is 11.2 Å². The first-order chi connectivity index (χ1) is 11.2. The first-order valence-electron chi connectivity index (χ1n) is 7.46. The predicted molar refractivity (Wildman–Crippen MR) is 95.8 cm³/mol. The van der Waals surface area contributed by atoms with Crippen LogP contribution in [0.2, 0.25) is 0 Å². The number of halogens is 1. The van der Waals surface area contributed by atoms with Crippen LogP contribution in [0.1, 0.15) is 24.5 Å². The van der Waals surface area contributed by atoms with Gasteiger partial charge in [0.05, 0.1) is 6.21 Å². The quantitative estimate of drug-likeness (QED) is 0.589. The predicted octanol–water partition coefficient (Wildman–Crippen LogP) is 3.93. The Bertz CT molecular complexity index is 669. The molecule has 120 valence electrons. The molecule has 0 atom stereocenters. The molecule has 2 rings (SSSR count). The van der Waals surface area contributed by atoms with Crippen molar-refractivity contribution >= 4 is 28.1 Å². The van der Waals surface area contributed by atoms with Gasteiger partial charge in [0.2, 0.25) is 0 Å². The highest BCUT2D eigenvalue weighted by Crippen LogP contribution is 2.13. The van der Waals surface area contributed by atoms with Crippen LogP contribution in [0.15, 0.2) is 58.1 Å². The smallest absolute Gasteiger partial charge is 0.277 e. The highest BCUT2D eigenvalue weighted by molar-refractivity contribution is 9.10. The van der Waals surface area contributed by atoms with Crippen LogP contribution < -0.4 is 10.2 Å². The molecular formula is C18H19BrN2O2. The molecule has 0 aliphatic rings. The molecule has 0 aromatic heterocycles. The standard InChI is InChI=1S/C18H19BrN2O2/c1-2-4-14-7-9-17(10-8-14)23-13-18(22)21-20-12-15-5-3-6-16(19)11-15/h3,5-12H,2,4,13H2,1H3,(H,21,22). The summed E-state index contributed by atoms with van der Waals surface area (Å²) in [6.07, 6.45) is 3.74. The van der Waals surface area contributed by atoms with Crippen molar-refractivity contribution in [2.45, 2.75) is 19.8 Å². The maximum atomic E-state index is 11.7. The lowest BCUT2D eigenvalue weighted by Gasteiger charge is -2.06. The number of hydrogen-bond donors (Lipinski definition) is 1. The lowest BCUT2D eigenvalue weighted by Crippen LogP contribution is -2.24. The molecular weight excluding hydrogens is 356 g/mol. The van der Waals surface area contributed by atoms with Crippen LogP contribution in [-0.4, -0.2) is 18.7 Å². The third-order valence-electron chi connectivity index (χ3n) is 3.08. The van der Waals surface area contributed by atoms with Gasteiger partial charge >= 0.3 is 0 Å². The summed E-state index contributed by atoms with van der Waals surface area (Å²) in [5.74, 6) is 0.379. The number of hydrogen-bond acceptors (Lipinski definition) is 3. The second-order valence-corrected chi connectivity index (χ2v) is 5.95. The minimum atomic E-state index is -0.297. The van der Waals surface area contributed by atoms with Crippen molar-refractivity contribution in [3.05, 3.63) is 64.1 Å². The summed E-state index contributed by atoms with van der Waals surface area (Å²) in [5, 5.41) is 3.91. The van der Waals surface area contributed by atoms with Gasteiger partial charge in [-0.3, -0.25) is 4.79 Å². The SMILES string of the molecule is CCCc1ccc(OCC(=O)NN=Cc2cccc(Br)c2)cc1. The molecule has 0 unspecified atom stereocenters. The Morgan fingerprint density at radius 2 is 2.04 bits per heavy atom. The number of rotatable bonds is 7. The van der Waals surface area contributed by atoms with E-state index >= 15 is 0 Å². The third kappa shape index (κ3) is 6.24. The van der Waals surface area contributed by atoms with Crippen molar-refractivity contribution in [3.63, 3.8) is 0 Å². The van der Waals surface area contributed by atoms with E-state index in [1.807, 2.05) is 48.5 Å². The van der Waals surface area contributed by atoms with Crippen LogP contribution in [0.4, 0.5) is 0 Å². The van der Waals surface area contributed by atoms with Crippen LogP contribution >= 0.6 is 15.9 Å². The van der Waals surface area contributed by atoms with Gasteiger partial charge in [-0.15, -0.1) is 0 Å². The number of nitrogens with zero attached hydrogens (tertiary/aromatic N) is 1. The number of amides is 1. The fourth-order valence-corrected chi connectivity index (χ4v) is 2.40. The zero-order chi connectivity index (χ0) is 16.5. The van der Waals surface area contributed by atoms with Crippen molar-refractivity contribution in [3.8, 4) is 5.75 Å². The number of carbonyl (C=O) groups is 1.